The van der Waals surface area contributed by atoms with E-state index in [0.717, 1.165) is 7.11 Å². The zero-order valence-corrected chi connectivity index (χ0v) is 11.1. The Morgan fingerprint density at radius 3 is 2.60 bits per heavy atom. The molecule has 1 rings (SSSR count). The highest BCUT2D eigenvalue weighted by Gasteiger charge is 2.24. The van der Waals surface area contributed by atoms with Crippen LogP contribution < -0.4 is 10.5 Å². The lowest BCUT2D eigenvalue weighted by Gasteiger charge is -2.11. The van der Waals surface area contributed by atoms with E-state index in [1.54, 1.807) is 4.72 Å². The van der Waals surface area contributed by atoms with Gasteiger partial charge in [-0.15, -0.1) is 0 Å². The van der Waals surface area contributed by atoms with E-state index in [-0.39, 0.29) is 0 Å². The van der Waals surface area contributed by atoms with Crippen LogP contribution in [0.25, 0.3) is 0 Å². The first kappa shape index (κ1) is 16.3. The van der Waals surface area contributed by atoms with Gasteiger partial charge in [0.2, 0.25) is 10.0 Å². The van der Waals surface area contributed by atoms with Crippen molar-refractivity contribution >= 4 is 21.7 Å². The molecule has 4 N–H and O–H groups in total. The molecule has 112 valence electrons. The van der Waals surface area contributed by atoms with Crippen LogP contribution in [-0.2, 0) is 19.6 Å². The fourth-order valence-electron chi connectivity index (χ4n) is 1.24. The fourth-order valence-corrected chi connectivity index (χ4v) is 2.37. The molecule has 0 radical (unpaired) electrons. The summed E-state index contributed by atoms with van der Waals surface area (Å²) >= 11 is 0. The number of nitrogens with one attached hydrogen (secondary N) is 1. The van der Waals surface area contributed by atoms with Crippen LogP contribution in [0.15, 0.2) is 17.0 Å². The van der Waals surface area contributed by atoms with Crippen molar-refractivity contribution in [2.75, 3.05) is 19.4 Å². The van der Waals surface area contributed by atoms with E-state index < -0.39 is 50.9 Å². The number of halogens is 2. The first-order valence-corrected chi connectivity index (χ1v) is 6.67. The average Bonchev–Trinajstić information content (AvgIpc) is 2.39. The van der Waals surface area contributed by atoms with Gasteiger partial charge < -0.3 is 15.6 Å². The fraction of sp³-hybridized carbons (Fsp3) is 0.300. The summed E-state index contributed by atoms with van der Waals surface area (Å²) in [4.78, 5) is 9.99. The number of methoxy groups -OCH3 is 1. The van der Waals surface area contributed by atoms with E-state index in [0.29, 0.717) is 12.1 Å². The van der Waals surface area contributed by atoms with Gasteiger partial charge in [0.1, 0.15) is 16.5 Å². The quantitative estimate of drug-likeness (QED) is 0.492. The minimum atomic E-state index is -4.41. The SMILES string of the molecule is COC(=O)C(O)CNS(=O)(=O)c1cc(N)c(F)cc1F. The Morgan fingerprint density at radius 1 is 1.45 bits per heavy atom. The van der Waals surface area contributed by atoms with Gasteiger partial charge in [0.25, 0.3) is 0 Å². The molecule has 0 spiro atoms. The number of aliphatic hydroxyl groups is 1. The lowest BCUT2D eigenvalue weighted by Crippen LogP contribution is -2.37. The summed E-state index contributed by atoms with van der Waals surface area (Å²) in [5.41, 5.74) is 4.60. The predicted molar refractivity (Wildman–Crippen MR) is 64.0 cm³/mol. The Bertz CT molecular complexity index is 620. The molecule has 0 aliphatic carbocycles. The zero-order chi connectivity index (χ0) is 15.5. The number of sulfonamides is 1. The minimum absolute atomic E-state index is 0.320. The third-order valence-corrected chi connectivity index (χ3v) is 3.72. The third-order valence-electron chi connectivity index (χ3n) is 2.28. The van der Waals surface area contributed by atoms with Gasteiger partial charge >= 0.3 is 5.97 Å². The highest BCUT2D eigenvalue weighted by Crippen LogP contribution is 2.20. The standard InChI is InChI=1S/C10H12F2N2O5S/c1-19-10(16)8(15)4-14-20(17,18)9-3-7(13)5(11)2-6(9)12/h2-3,8,14-15H,4,13H2,1H3. The van der Waals surface area contributed by atoms with Crippen molar-refractivity contribution in [1.82, 2.24) is 4.72 Å². The molecule has 1 aromatic rings. The first-order valence-electron chi connectivity index (χ1n) is 5.19. The topological polar surface area (TPSA) is 119 Å². The molecule has 0 bridgehead atoms. The number of hydrogen-bond acceptors (Lipinski definition) is 6. The average molecular weight is 310 g/mol. The number of esters is 1. The second-order valence-electron chi connectivity index (χ2n) is 3.69. The molecule has 20 heavy (non-hydrogen) atoms. The number of nitrogens with two attached hydrogens (primary N) is 1. The second-order valence-corrected chi connectivity index (χ2v) is 5.43. The lowest BCUT2D eigenvalue weighted by molar-refractivity contribution is -0.149. The van der Waals surface area contributed by atoms with Gasteiger partial charge in [-0.3, -0.25) is 0 Å². The molecule has 0 aliphatic heterocycles. The molecule has 0 saturated heterocycles. The van der Waals surface area contributed by atoms with Crippen molar-refractivity contribution < 1.29 is 31.8 Å². The van der Waals surface area contributed by atoms with Gasteiger partial charge in [-0.1, -0.05) is 0 Å². The zero-order valence-electron chi connectivity index (χ0n) is 10.3. The summed E-state index contributed by atoms with van der Waals surface area (Å²) in [6.07, 6.45) is -1.75. The molecule has 0 saturated carbocycles. The highest BCUT2D eigenvalue weighted by molar-refractivity contribution is 7.89. The Balaban J connectivity index is 2.95. The smallest absolute Gasteiger partial charge is 0.336 e. The molecule has 0 amide bonds. The molecule has 1 aromatic carbocycles. The van der Waals surface area contributed by atoms with Gasteiger partial charge in [-0.25, -0.2) is 26.7 Å². The van der Waals surface area contributed by atoms with Crippen LogP contribution in [0.5, 0.6) is 0 Å². The number of benzene rings is 1. The Kier molecular flexibility index (Phi) is 4.98. The maximum atomic E-state index is 13.4. The van der Waals surface area contributed by atoms with E-state index in [9.17, 15) is 27.1 Å². The molecule has 0 aliphatic rings. The molecule has 0 heterocycles. The van der Waals surface area contributed by atoms with Crippen molar-refractivity contribution in [1.29, 1.82) is 0 Å². The highest BCUT2D eigenvalue weighted by atomic mass is 32.2. The summed E-state index contributed by atoms with van der Waals surface area (Å²) in [6, 6.07) is 0.915. The molecule has 7 nitrogen and oxygen atoms in total. The van der Waals surface area contributed by atoms with Gasteiger partial charge in [-0.2, -0.15) is 0 Å². The molecular weight excluding hydrogens is 298 g/mol. The number of ether oxygens (including phenoxy) is 1. The summed E-state index contributed by atoms with van der Waals surface area (Å²) < 4.78 is 55.8. The Morgan fingerprint density at radius 2 is 2.05 bits per heavy atom. The molecule has 0 fully saturated rings. The molecule has 1 atom stereocenters. The van der Waals surface area contributed by atoms with Crippen molar-refractivity contribution in [3.8, 4) is 0 Å². The van der Waals surface area contributed by atoms with Crippen LogP contribution in [-0.4, -0.2) is 39.3 Å². The number of hydrogen-bond donors (Lipinski definition) is 3. The molecular formula is C10H12F2N2O5S. The first-order chi connectivity index (χ1) is 9.19. The van der Waals surface area contributed by atoms with Crippen molar-refractivity contribution in [3.63, 3.8) is 0 Å². The Labute approximate surface area is 113 Å². The van der Waals surface area contributed by atoms with E-state index in [4.69, 9.17) is 5.73 Å². The van der Waals surface area contributed by atoms with E-state index in [1.165, 1.54) is 0 Å². The van der Waals surface area contributed by atoms with Gasteiger partial charge in [0.15, 0.2) is 6.10 Å². The molecule has 10 heteroatoms. The number of aliphatic hydroxyl groups excluding tert-OH is 1. The largest absolute Gasteiger partial charge is 0.467 e. The molecule has 1 unspecified atom stereocenters. The van der Waals surface area contributed by atoms with Crippen molar-refractivity contribution in [3.05, 3.63) is 23.8 Å². The minimum Gasteiger partial charge on any atom is -0.467 e. The van der Waals surface area contributed by atoms with Gasteiger partial charge in [0.05, 0.1) is 12.8 Å². The number of carbonyl (C=O) groups is 1. The van der Waals surface area contributed by atoms with Crippen molar-refractivity contribution in [2.45, 2.75) is 11.0 Å². The van der Waals surface area contributed by atoms with Crippen LogP contribution in [0.1, 0.15) is 0 Å². The predicted octanol–water partition coefficient (Wildman–Crippen LogP) is -0.641. The number of nitrogen functional groups attached to an aromatic ring is 1. The maximum absolute atomic E-state index is 13.4. The van der Waals surface area contributed by atoms with Crippen LogP contribution in [0, 0.1) is 11.6 Å². The summed E-state index contributed by atoms with van der Waals surface area (Å²) in [5.74, 6) is -3.51. The summed E-state index contributed by atoms with van der Waals surface area (Å²) in [6.45, 7) is -0.730. The number of anilines is 1. The van der Waals surface area contributed by atoms with Crippen molar-refractivity contribution in [2.24, 2.45) is 0 Å². The summed E-state index contributed by atoms with van der Waals surface area (Å²) in [7, 11) is -3.41. The van der Waals surface area contributed by atoms with Crippen LogP contribution >= 0.6 is 0 Å². The van der Waals surface area contributed by atoms with E-state index in [1.807, 2.05) is 0 Å². The monoisotopic (exact) mass is 310 g/mol. The number of carbonyl (C=O) groups excluding carboxylic acids is 1. The normalized spacial score (nSPS) is 13.0. The van der Waals surface area contributed by atoms with E-state index >= 15 is 0 Å². The lowest BCUT2D eigenvalue weighted by atomic mass is 10.3. The number of rotatable bonds is 5. The maximum Gasteiger partial charge on any atom is 0.336 e. The summed E-state index contributed by atoms with van der Waals surface area (Å²) in [5, 5.41) is 9.22. The van der Waals surface area contributed by atoms with Crippen LogP contribution in [0.2, 0.25) is 0 Å². The Hall–Kier alpha value is -1.78. The second kappa shape index (κ2) is 6.11. The van der Waals surface area contributed by atoms with Gasteiger partial charge in [-0.05, 0) is 6.07 Å². The van der Waals surface area contributed by atoms with Crippen LogP contribution in [0.3, 0.4) is 0 Å². The third kappa shape index (κ3) is 3.62. The van der Waals surface area contributed by atoms with E-state index in [2.05, 4.69) is 4.74 Å². The molecule has 0 aromatic heterocycles. The van der Waals surface area contributed by atoms with Gasteiger partial charge in [0, 0.05) is 12.6 Å². The van der Waals surface area contributed by atoms with Crippen LogP contribution in [0.4, 0.5) is 14.5 Å².